The van der Waals surface area contributed by atoms with Crippen LogP contribution in [-0.2, 0) is 11.3 Å². The SMILES string of the molecule is [CH2]CC(=O)N(C)c1cccc(CN)c1. The Morgan fingerprint density at radius 1 is 1.57 bits per heavy atom. The molecular weight excluding hydrogens is 176 g/mol. The van der Waals surface area contributed by atoms with Gasteiger partial charge in [0.25, 0.3) is 0 Å². The molecule has 0 saturated heterocycles. The minimum Gasteiger partial charge on any atom is -0.326 e. The van der Waals surface area contributed by atoms with E-state index in [9.17, 15) is 4.79 Å². The van der Waals surface area contributed by atoms with Crippen molar-refractivity contribution >= 4 is 11.6 Å². The van der Waals surface area contributed by atoms with Crippen molar-refractivity contribution in [1.82, 2.24) is 0 Å². The lowest BCUT2D eigenvalue weighted by molar-refractivity contribution is -0.117. The van der Waals surface area contributed by atoms with Crippen LogP contribution in [0.25, 0.3) is 0 Å². The lowest BCUT2D eigenvalue weighted by Crippen LogP contribution is -2.25. The average molecular weight is 191 g/mol. The number of nitrogens with zero attached hydrogens (tertiary/aromatic N) is 1. The highest BCUT2D eigenvalue weighted by molar-refractivity contribution is 5.93. The summed E-state index contributed by atoms with van der Waals surface area (Å²) >= 11 is 0. The fraction of sp³-hybridized carbons (Fsp3) is 0.273. The van der Waals surface area contributed by atoms with Crippen LogP contribution in [0.5, 0.6) is 0 Å². The molecule has 1 aromatic rings. The van der Waals surface area contributed by atoms with Gasteiger partial charge in [-0.3, -0.25) is 4.79 Å². The summed E-state index contributed by atoms with van der Waals surface area (Å²) in [7, 11) is 1.74. The maximum absolute atomic E-state index is 11.3. The van der Waals surface area contributed by atoms with Gasteiger partial charge in [0.1, 0.15) is 0 Å². The number of rotatable bonds is 3. The third-order valence-electron chi connectivity index (χ3n) is 2.12. The largest absolute Gasteiger partial charge is 0.326 e. The van der Waals surface area contributed by atoms with Gasteiger partial charge in [0.2, 0.25) is 5.91 Å². The van der Waals surface area contributed by atoms with Gasteiger partial charge >= 0.3 is 0 Å². The first kappa shape index (κ1) is 10.7. The van der Waals surface area contributed by atoms with Crippen LogP contribution in [0.2, 0.25) is 0 Å². The van der Waals surface area contributed by atoms with Gasteiger partial charge in [0.05, 0.1) is 0 Å². The zero-order chi connectivity index (χ0) is 10.6. The van der Waals surface area contributed by atoms with Gasteiger partial charge in [-0.25, -0.2) is 0 Å². The number of benzene rings is 1. The Morgan fingerprint density at radius 2 is 2.29 bits per heavy atom. The van der Waals surface area contributed by atoms with Crippen LogP contribution in [0.3, 0.4) is 0 Å². The number of amides is 1. The number of carbonyl (C=O) groups excluding carboxylic acids is 1. The number of nitrogens with two attached hydrogens (primary N) is 1. The third-order valence-corrected chi connectivity index (χ3v) is 2.12. The molecule has 0 aromatic heterocycles. The molecule has 0 aliphatic rings. The monoisotopic (exact) mass is 191 g/mol. The summed E-state index contributed by atoms with van der Waals surface area (Å²) in [4.78, 5) is 12.9. The van der Waals surface area contributed by atoms with Gasteiger partial charge in [0.15, 0.2) is 0 Å². The maximum Gasteiger partial charge on any atom is 0.226 e. The molecule has 1 aromatic carbocycles. The highest BCUT2D eigenvalue weighted by atomic mass is 16.2. The quantitative estimate of drug-likeness (QED) is 0.783. The summed E-state index contributed by atoms with van der Waals surface area (Å²) in [6, 6.07) is 7.62. The fourth-order valence-electron chi connectivity index (χ4n) is 1.20. The molecule has 1 radical (unpaired) electrons. The molecule has 0 atom stereocenters. The molecule has 0 heterocycles. The first-order valence-corrected chi connectivity index (χ1v) is 4.54. The molecule has 0 aliphatic carbocycles. The van der Waals surface area contributed by atoms with Crippen LogP contribution >= 0.6 is 0 Å². The topological polar surface area (TPSA) is 46.3 Å². The van der Waals surface area contributed by atoms with Crippen molar-refractivity contribution in [3.63, 3.8) is 0 Å². The van der Waals surface area contributed by atoms with E-state index < -0.39 is 0 Å². The molecule has 1 amide bonds. The van der Waals surface area contributed by atoms with E-state index >= 15 is 0 Å². The molecule has 0 aliphatic heterocycles. The standard InChI is InChI=1S/C11H15N2O/c1-3-11(14)13(2)10-6-4-5-9(7-10)8-12/h4-7H,1,3,8,12H2,2H3. The van der Waals surface area contributed by atoms with Crippen molar-refractivity contribution in [2.75, 3.05) is 11.9 Å². The molecule has 0 spiro atoms. The first-order valence-electron chi connectivity index (χ1n) is 4.54. The second-order valence-corrected chi connectivity index (χ2v) is 3.08. The first-order chi connectivity index (χ1) is 6.69. The molecule has 75 valence electrons. The van der Waals surface area contributed by atoms with E-state index in [-0.39, 0.29) is 12.3 Å². The van der Waals surface area contributed by atoms with Gasteiger partial charge in [-0.15, -0.1) is 0 Å². The zero-order valence-corrected chi connectivity index (χ0v) is 8.36. The van der Waals surface area contributed by atoms with Crippen LogP contribution in [0.15, 0.2) is 24.3 Å². The number of anilines is 1. The van der Waals surface area contributed by atoms with Gasteiger partial charge in [-0.05, 0) is 24.6 Å². The van der Waals surface area contributed by atoms with E-state index in [4.69, 9.17) is 5.73 Å². The van der Waals surface area contributed by atoms with Crippen molar-refractivity contribution in [2.24, 2.45) is 5.73 Å². The van der Waals surface area contributed by atoms with Crippen molar-refractivity contribution in [3.8, 4) is 0 Å². The van der Waals surface area contributed by atoms with E-state index in [2.05, 4.69) is 6.92 Å². The van der Waals surface area contributed by atoms with E-state index in [1.165, 1.54) is 0 Å². The van der Waals surface area contributed by atoms with Crippen molar-refractivity contribution < 1.29 is 4.79 Å². The smallest absolute Gasteiger partial charge is 0.226 e. The second kappa shape index (κ2) is 4.77. The molecule has 1 rings (SSSR count). The summed E-state index contributed by atoms with van der Waals surface area (Å²) < 4.78 is 0. The van der Waals surface area contributed by atoms with Crippen LogP contribution in [-0.4, -0.2) is 13.0 Å². The highest BCUT2D eigenvalue weighted by Crippen LogP contribution is 2.15. The van der Waals surface area contributed by atoms with E-state index in [1.807, 2.05) is 24.3 Å². The van der Waals surface area contributed by atoms with Crippen molar-refractivity contribution in [3.05, 3.63) is 36.8 Å². The van der Waals surface area contributed by atoms with Gasteiger partial charge < -0.3 is 10.6 Å². The number of hydrogen-bond donors (Lipinski definition) is 1. The highest BCUT2D eigenvalue weighted by Gasteiger charge is 2.07. The molecule has 0 bridgehead atoms. The van der Waals surface area contributed by atoms with Crippen LogP contribution in [0.1, 0.15) is 12.0 Å². The zero-order valence-electron chi connectivity index (χ0n) is 8.36. The summed E-state index contributed by atoms with van der Waals surface area (Å²) in [5.41, 5.74) is 7.39. The Bertz CT molecular complexity index is 323. The summed E-state index contributed by atoms with van der Waals surface area (Å²) in [5.74, 6) is -0.000767. The lowest BCUT2D eigenvalue weighted by Gasteiger charge is -2.16. The minimum atomic E-state index is -0.000767. The van der Waals surface area contributed by atoms with E-state index in [0.29, 0.717) is 6.54 Å². The summed E-state index contributed by atoms with van der Waals surface area (Å²) in [6.45, 7) is 4.05. The van der Waals surface area contributed by atoms with Crippen LogP contribution < -0.4 is 10.6 Å². The Balaban J connectivity index is 2.89. The number of carbonyl (C=O) groups is 1. The van der Waals surface area contributed by atoms with Gasteiger partial charge in [-0.2, -0.15) is 0 Å². The summed E-state index contributed by atoms with van der Waals surface area (Å²) in [6.07, 6.45) is 0.267. The number of hydrogen-bond acceptors (Lipinski definition) is 2. The van der Waals surface area contributed by atoms with E-state index in [0.717, 1.165) is 11.3 Å². The molecule has 0 saturated carbocycles. The molecule has 0 unspecified atom stereocenters. The fourth-order valence-corrected chi connectivity index (χ4v) is 1.20. The molecule has 2 N–H and O–H groups in total. The van der Waals surface area contributed by atoms with Gasteiger partial charge in [-0.1, -0.05) is 12.1 Å². The Hall–Kier alpha value is -1.35. The second-order valence-electron chi connectivity index (χ2n) is 3.08. The summed E-state index contributed by atoms with van der Waals surface area (Å²) in [5, 5.41) is 0. The van der Waals surface area contributed by atoms with Crippen LogP contribution in [0, 0.1) is 6.92 Å². The normalized spacial score (nSPS) is 9.93. The molecule has 0 fully saturated rings. The third kappa shape index (κ3) is 2.33. The van der Waals surface area contributed by atoms with Crippen molar-refractivity contribution in [1.29, 1.82) is 0 Å². The molecule has 3 heteroatoms. The lowest BCUT2D eigenvalue weighted by atomic mass is 10.2. The minimum absolute atomic E-state index is 0.000767. The molecule has 3 nitrogen and oxygen atoms in total. The average Bonchev–Trinajstić information content (AvgIpc) is 2.27. The predicted molar refractivity (Wildman–Crippen MR) is 57.7 cm³/mol. The van der Waals surface area contributed by atoms with Crippen LogP contribution in [0.4, 0.5) is 5.69 Å². The maximum atomic E-state index is 11.3. The molecular formula is C11H15N2O. The van der Waals surface area contributed by atoms with Crippen molar-refractivity contribution in [2.45, 2.75) is 13.0 Å². The molecule has 14 heavy (non-hydrogen) atoms. The van der Waals surface area contributed by atoms with Gasteiger partial charge in [0, 0.05) is 25.7 Å². The Kier molecular flexibility index (Phi) is 3.65. The Labute approximate surface area is 84.5 Å². The Morgan fingerprint density at radius 3 is 2.86 bits per heavy atom. The predicted octanol–water partition coefficient (Wildman–Crippen LogP) is 1.33. The van der Waals surface area contributed by atoms with E-state index in [1.54, 1.807) is 11.9 Å².